The Balaban J connectivity index is 3.03. The van der Waals surface area contributed by atoms with Crippen LogP contribution in [0.15, 0.2) is 18.2 Å². The maximum absolute atomic E-state index is 13.9. The van der Waals surface area contributed by atoms with Gasteiger partial charge in [0.15, 0.2) is 0 Å². The van der Waals surface area contributed by atoms with Gasteiger partial charge in [-0.25, -0.2) is 4.39 Å². The highest BCUT2D eigenvalue weighted by molar-refractivity contribution is 6.31. The zero-order valence-electron chi connectivity index (χ0n) is 10.8. The van der Waals surface area contributed by atoms with Crippen LogP contribution in [0, 0.1) is 11.7 Å². The molecule has 0 aliphatic heterocycles. The van der Waals surface area contributed by atoms with Crippen molar-refractivity contribution >= 4 is 11.6 Å². The summed E-state index contributed by atoms with van der Waals surface area (Å²) >= 11 is 6.12. The summed E-state index contributed by atoms with van der Waals surface area (Å²) in [5.74, 6) is 0.141. The molecule has 0 saturated carbocycles. The van der Waals surface area contributed by atoms with Crippen LogP contribution >= 0.6 is 11.6 Å². The summed E-state index contributed by atoms with van der Waals surface area (Å²) in [4.78, 5) is 0. The van der Waals surface area contributed by atoms with Crippen LogP contribution < -0.4 is 5.32 Å². The summed E-state index contributed by atoms with van der Waals surface area (Å²) in [6, 6.07) is 4.87. The number of nitrogens with one attached hydrogen (secondary N) is 1. The number of hydrogen-bond donors (Lipinski definition) is 1. The Hall–Kier alpha value is -0.600. The third-order valence-electron chi connectivity index (χ3n) is 3.14. The lowest BCUT2D eigenvalue weighted by Gasteiger charge is -2.26. The smallest absolute Gasteiger partial charge is 0.129 e. The summed E-state index contributed by atoms with van der Waals surface area (Å²) in [5.41, 5.74) is 0.608. The molecular weight excluding hydrogens is 237 g/mol. The topological polar surface area (TPSA) is 12.0 Å². The van der Waals surface area contributed by atoms with E-state index in [0.717, 1.165) is 19.4 Å². The molecule has 1 aromatic carbocycles. The maximum atomic E-state index is 13.9. The van der Waals surface area contributed by atoms with Crippen molar-refractivity contribution in [1.82, 2.24) is 5.32 Å². The maximum Gasteiger partial charge on any atom is 0.129 e. The number of halogens is 2. The molecule has 2 atom stereocenters. The molecular formula is C14H21ClFN. The van der Waals surface area contributed by atoms with Crippen molar-refractivity contribution in [3.63, 3.8) is 0 Å². The SMILES string of the molecule is CCCNC(c1c(F)cccc1Cl)C(C)CC. The largest absolute Gasteiger partial charge is 0.310 e. The second-order valence-electron chi connectivity index (χ2n) is 4.45. The number of benzene rings is 1. The van der Waals surface area contributed by atoms with E-state index in [2.05, 4.69) is 26.1 Å². The van der Waals surface area contributed by atoms with Gasteiger partial charge in [-0.1, -0.05) is 44.9 Å². The zero-order chi connectivity index (χ0) is 12.8. The van der Waals surface area contributed by atoms with Crippen molar-refractivity contribution in [2.24, 2.45) is 5.92 Å². The second-order valence-corrected chi connectivity index (χ2v) is 4.86. The lowest BCUT2D eigenvalue weighted by Crippen LogP contribution is -2.28. The Morgan fingerprint density at radius 1 is 1.35 bits per heavy atom. The molecule has 0 aliphatic rings. The highest BCUT2D eigenvalue weighted by atomic mass is 35.5. The van der Waals surface area contributed by atoms with E-state index in [1.807, 2.05) is 0 Å². The summed E-state index contributed by atoms with van der Waals surface area (Å²) in [7, 11) is 0. The van der Waals surface area contributed by atoms with Crippen molar-refractivity contribution in [2.45, 2.75) is 39.7 Å². The van der Waals surface area contributed by atoms with Crippen LogP contribution in [-0.4, -0.2) is 6.54 Å². The Labute approximate surface area is 108 Å². The fourth-order valence-electron chi connectivity index (χ4n) is 1.93. The molecule has 0 amide bonds. The molecule has 0 heterocycles. The molecule has 0 bridgehead atoms. The highest BCUT2D eigenvalue weighted by Crippen LogP contribution is 2.32. The van der Waals surface area contributed by atoms with Crippen molar-refractivity contribution < 1.29 is 4.39 Å². The lowest BCUT2D eigenvalue weighted by molar-refractivity contribution is 0.366. The van der Waals surface area contributed by atoms with E-state index in [-0.39, 0.29) is 11.9 Å². The Kier molecular flexibility index (Phi) is 5.93. The molecule has 1 N–H and O–H groups in total. The lowest BCUT2D eigenvalue weighted by atomic mass is 9.92. The minimum atomic E-state index is -0.216. The Morgan fingerprint density at radius 2 is 2.06 bits per heavy atom. The fourth-order valence-corrected chi connectivity index (χ4v) is 2.21. The molecule has 2 unspecified atom stereocenters. The van der Waals surface area contributed by atoms with Crippen molar-refractivity contribution in [1.29, 1.82) is 0 Å². The zero-order valence-corrected chi connectivity index (χ0v) is 11.5. The first-order chi connectivity index (χ1) is 8.11. The van der Waals surface area contributed by atoms with E-state index >= 15 is 0 Å². The molecule has 0 spiro atoms. The van der Waals surface area contributed by atoms with Gasteiger partial charge >= 0.3 is 0 Å². The first-order valence-corrected chi connectivity index (χ1v) is 6.66. The van der Waals surface area contributed by atoms with Crippen LogP contribution in [0.5, 0.6) is 0 Å². The fraction of sp³-hybridized carbons (Fsp3) is 0.571. The van der Waals surface area contributed by atoms with E-state index in [0.29, 0.717) is 16.5 Å². The molecule has 96 valence electrons. The molecule has 3 heteroatoms. The predicted octanol–water partition coefficient (Wildman–Crippen LogP) is 4.57. The van der Waals surface area contributed by atoms with E-state index < -0.39 is 0 Å². The van der Waals surface area contributed by atoms with Crippen molar-refractivity contribution in [3.05, 3.63) is 34.6 Å². The normalized spacial score (nSPS) is 14.6. The highest BCUT2D eigenvalue weighted by Gasteiger charge is 2.22. The van der Waals surface area contributed by atoms with Crippen LogP contribution in [0.2, 0.25) is 5.02 Å². The van der Waals surface area contributed by atoms with Gasteiger partial charge in [0.05, 0.1) is 0 Å². The first-order valence-electron chi connectivity index (χ1n) is 6.29. The minimum absolute atomic E-state index is 0.00588. The Morgan fingerprint density at radius 3 is 2.59 bits per heavy atom. The Bertz CT molecular complexity index is 334. The summed E-state index contributed by atoms with van der Waals surface area (Å²) < 4.78 is 13.9. The van der Waals surface area contributed by atoms with Gasteiger partial charge in [0.2, 0.25) is 0 Å². The monoisotopic (exact) mass is 257 g/mol. The molecule has 17 heavy (non-hydrogen) atoms. The average Bonchev–Trinajstić information content (AvgIpc) is 2.32. The molecule has 0 fully saturated rings. The quantitative estimate of drug-likeness (QED) is 0.787. The van der Waals surface area contributed by atoms with Gasteiger partial charge < -0.3 is 5.32 Å². The van der Waals surface area contributed by atoms with Crippen LogP contribution in [-0.2, 0) is 0 Å². The molecule has 0 radical (unpaired) electrons. The average molecular weight is 258 g/mol. The van der Waals surface area contributed by atoms with Crippen molar-refractivity contribution in [2.75, 3.05) is 6.54 Å². The van der Waals surface area contributed by atoms with Crippen LogP contribution in [0.25, 0.3) is 0 Å². The van der Waals surface area contributed by atoms with Gasteiger partial charge in [-0.05, 0) is 31.0 Å². The molecule has 0 aliphatic carbocycles. The number of hydrogen-bond acceptors (Lipinski definition) is 1. The molecule has 1 rings (SSSR count). The summed E-state index contributed by atoms with van der Waals surface area (Å²) in [6.45, 7) is 7.21. The first kappa shape index (κ1) is 14.5. The van der Waals surface area contributed by atoms with E-state index in [4.69, 9.17) is 11.6 Å². The van der Waals surface area contributed by atoms with E-state index in [1.54, 1.807) is 12.1 Å². The second kappa shape index (κ2) is 6.97. The van der Waals surface area contributed by atoms with Gasteiger partial charge in [-0.15, -0.1) is 0 Å². The van der Waals surface area contributed by atoms with Gasteiger partial charge in [0.25, 0.3) is 0 Å². The molecule has 0 aromatic heterocycles. The molecule has 1 aromatic rings. The molecule has 0 saturated heterocycles. The summed E-state index contributed by atoms with van der Waals surface area (Å²) in [5, 5.41) is 3.91. The van der Waals surface area contributed by atoms with Crippen LogP contribution in [0.3, 0.4) is 0 Å². The third kappa shape index (κ3) is 3.68. The minimum Gasteiger partial charge on any atom is -0.310 e. The third-order valence-corrected chi connectivity index (χ3v) is 3.47. The number of rotatable bonds is 6. The van der Waals surface area contributed by atoms with Crippen LogP contribution in [0.4, 0.5) is 4.39 Å². The van der Waals surface area contributed by atoms with Crippen LogP contribution in [0.1, 0.15) is 45.2 Å². The van der Waals surface area contributed by atoms with Gasteiger partial charge in [0, 0.05) is 16.6 Å². The van der Waals surface area contributed by atoms with Gasteiger partial charge in [-0.2, -0.15) is 0 Å². The van der Waals surface area contributed by atoms with E-state index in [1.165, 1.54) is 6.07 Å². The van der Waals surface area contributed by atoms with E-state index in [9.17, 15) is 4.39 Å². The molecule has 1 nitrogen and oxygen atoms in total. The predicted molar refractivity (Wildman–Crippen MR) is 71.9 cm³/mol. The summed E-state index contributed by atoms with van der Waals surface area (Å²) in [6.07, 6.45) is 2.02. The van der Waals surface area contributed by atoms with Crippen molar-refractivity contribution in [3.8, 4) is 0 Å². The van der Waals surface area contributed by atoms with Gasteiger partial charge in [-0.3, -0.25) is 0 Å². The van der Waals surface area contributed by atoms with Gasteiger partial charge in [0.1, 0.15) is 5.82 Å². The standard InChI is InChI=1S/C14H21ClFN/c1-4-9-17-14(10(3)5-2)13-11(15)7-6-8-12(13)16/h6-8,10,14,17H,4-5,9H2,1-3H3.